The number of nitrogens with one attached hydrogen (secondary N) is 1. The van der Waals surface area contributed by atoms with Crippen molar-refractivity contribution in [3.63, 3.8) is 0 Å². The van der Waals surface area contributed by atoms with Crippen molar-refractivity contribution in [1.82, 2.24) is 10.2 Å². The van der Waals surface area contributed by atoms with Gasteiger partial charge < -0.3 is 10.2 Å². The molecule has 20 heavy (non-hydrogen) atoms. The number of unbranched alkanes of at least 4 members (excludes halogenated alkanes) is 1. The highest BCUT2D eigenvalue weighted by atomic mass is 15.2. The van der Waals surface area contributed by atoms with Gasteiger partial charge >= 0.3 is 0 Å². The zero-order chi connectivity index (χ0) is 15.2. The molecule has 1 aliphatic carbocycles. The van der Waals surface area contributed by atoms with Crippen LogP contribution in [-0.4, -0.2) is 37.1 Å². The number of nitrogens with zero attached hydrogens (tertiary/aromatic N) is 1. The topological polar surface area (TPSA) is 15.3 Å². The summed E-state index contributed by atoms with van der Waals surface area (Å²) in [6.07, 6.45) is 8.08. The van der Waals surface area contributed by atoms with Gasteiger partial charge in [-0.05, 0) is 57.5 Å². The van der Waals surface area contributed by atoms with Gasteiger partial charge in [0.25, 0.3) is 0 Å². The highest BCUT2D eigenvalue weighted by Crippen LogP contribution is 2.39. The minimum absolute atomic E-state index is 0.448. The molecule has 1 rings (SSSR count). The summed E-state index contributed by atoms with van der Waals surface area (Å²) in [5, 5.41) is 3.64. The minimum atomic E-state index is 0.448. The summed E-state index contributed by atoms with van der Waals surface area (Å²) in [5.41, 5.74) is 0.448. The molecule has 0 aromatic carbocycles. The minimum Gasteiger partial charge on any atom is -0.316 e. The van der Waals surface area contributed by atoms with Gasteiger partial charge in [-0.3, -0.25) is 0 Å². The van der Waals surface area contributed by atoms with Gasteiger partial charge in [0.05, 0.1) is 0 Å². The molecule has 0 spiro atoms. The van der Waals surface area contributed by atoms with Crippen LogP contribution >= 0.6 is 0 Å². The van der Waals surface area contributed by atoms with E-state index in [9.17, 15) is 0 Å². The van der Waals surface area contributed by atoms with E-state index in [4.69, 9.17) is 0 Å². The van der Waals surface area contributed by atoms with Crippen molar-refractivity contribution >= 4 is 0 Å². The largest absolute Gasteiger partial charge is 0.316 e. The quantitative estimate of drug-likeness (QED) is 0.714. The predicted molar refractivity (Wildman–Crippen MR) is 90.2 cm³/mol. The number of hydrogen-bond acceptors (Lipinski definition) is 2. The number of hydrogen-bond donors (Lipinski definition) is 1. The SMILES string of the molecule is CCCCN(CC1CCCC(C)(C)C1NC)C(C)CC. The summed E-state index contributed by atoms with van der Waals surface area (Å²) in [7, 11) is 2.16. The number of rotatable bonds is 8. The average molecular weight is 283 g/mol. The van der Waals surface area contributed by atoms with Crippen molar-refractivity contribution < 1.29 is 0 Å². The second kappa shape index (κ2) is 8.38. The van der Waals surface area contributed by atoms with Crippen LogP contribution in [0.3, 0.4) is 0 Å². The van der Waals surface area contributed by atoms with Crippen LogP contribution in [0.25, 0.3) is 0 Å². The maximum atomic E-state index is 3.64. The second-order valence-corrected chi connectivity index (χ2v) is 7.51. The maximum Gasteiger partial charge on any atom is 0.0156 e. The van der Waals surface area contributed by atoms with E-state index < -0.39 is 0 Å². The molecule has 0 saturated heterocycles. The Kier molecular flexibility index (Phi) is 7.53. The first-order chi connectivity index (χ1) is 9.46. The van der Waals surface area contributed by atoms with Crippen LogP contribution in [0.4, 0.5) is 0 Å². The molecule has 0 bridgehead atoms. The second-order valence-electron chi connectivity index (χ2n) is 7.51. The molecule has 0 heterocycles. The first-order valence-electron chi connectivity index (χ1n) is 8.87. The van der Waals surface area contributed by atoms with Gasteiger partial charge in [-0.2, -0.15) is 0 Å². The van der Waals surface area contributed by atoms with Crippen LogP contribution in [0, 0.1) is 11.3 Å². The molecule has 0 aromatic rings. The average Bonchev–Trinajstić information content (AvgIpc) is 2.41. The van der Waals surface area contributed by atoms with Gasteiger partial charge in [0.1, 0.15) is 0 Å². The Morgan fingerprint density at radius 1 is 1.30 bits per heavy atom. The molecule has 120 valence electrons. The van der Waals surface area contributed by atoms with E-state index in [-0.39, 0.29) is 0 Å². The molecule has 3 unspecified atom stereocenters. The Morgan fingerprint density at radius 2 is 2.00 bits per heavy atom. The molecule has 2 heteroatoms. The first kappa shape index (κ1) is 18.0. The van der Waals surface area contributed by atoms with Gasteiger partial charge in [0.15, 0.2) is 0 Å². The molecule has 0 radical (unpaired) electrons. The smallest absolute Gasteiger partial charge is 0.0156 e. The van der Waals surface area contributed by atoms with E-state index in [1.54, 1.807) is 0 Å². The standard InChI is InChI=1S/C18H38N2/c1-7-9-13-20(15(3)8-2)14-16-11-10-12-18(4,5)17(16)19-6/h15-17,19H,7-14H2,1-6H3. The van der Waals surface area contributed by atoms with Gasteiger partial charge in [-0.25, -0.2) is 0 Å². The van der Waals surface area contributed by atoms with E-state index in [0.29, 0.717) is 11.5 Å². The van der Waals surface area contributed by atoms with Crippen molar-refractivity contribution in [3.8, 4) is 0 Å². The molecule has 1 fully saturated rings. The Morgan fingerprint density at radius 3 is 2.55 bits per heavy atom. The fourth-order valence-corrected chi connectivity index (χ4v) is 4.02. The van der Waals surface area contributed by atoms with E-state index in [2.05, 4.69) is 51.9 Å². The van der Waals surface area contributed by atoms with Crippen LogP contribution in [0.2, 0.25) is 0 Å². The lowest BCUT2D eigenvalue weighted by atomic mass is 9.67. The van der Waals surface area contributed by atoms with Crippen molar-refractivity contribution in [3.05, 3.63) is 0 Å². The summed E-state index contributed by atoms with van der Waals surface area (Å²) >= 11 is 0. The maximum absolute atomic E-state index is 3.64. The molecular weight excluding hydrogens is 244 g/mol. The zero-order valence-corrected chi connectivity index (χ0v) is 14.8. The van der Waals surface area contributed by atoms with E-state index in [1.165, 1.54) is 51.6 Å². The molecule has 1 saturated carbocycles. The lowest BCUT2D eigenvalue weighted by molar-refractivity contribution is 0.0695. The Bertz CT molecular complexity index is 262. The van der Waals surface area contributed by atoms with Crippen LogP contribution in [0.1, 0.15) is 73.1 Å². The fraction of sp³-hybridized carbons (Fsp3) is 1.00. The van der Waals surface area contributed by atoms with Crippen molar-refractivity contribution in [2.75, 3.05) is 20.1 Å². The Balaban J connectivity index is 2.69. The van der Waals surface area contributed by atoms with Crippen LogP contribution in [-0.2, 0) is 0 Å². The third-order valence-electron chi connectivity index (χ3n) is 5.50. The van der Waals surface area contributed by atoms with Gasteiger partial charge in [0, 0.05) is 18.6 Å². The Hall–Kier alpha value is -0.0800. The van der Waals surface area contributed by atoms with Gasteiger partial charge in [-0.1, -0.05) is 40.5 Å². The van der Waals surface area contributed by atoms with Crippen LogP contribution < -0.4 is 5.32 Å². The molecule has 0 aliphatic heterocycles. The third-order valence-corrected chi connectivity index (χ3v) is 5.50. The fourth-order valence-electron chi connectivity index (χ4n) is 4.02. The summed E-state index contributed by atoms with van der Waals surface area (Å²) < 4.78 is 0. The van der Waals surface area contributed by atoms with Crippen molar-refractivity contribution in [1.29, 1.82) is 0 Å². The first-order valence-corrected chi connectivity index (χ1v) is 8.87. The molecule has 1 aliphatic rings. The summed E-state index contributed by atoms with van der Waals surface area (Å²) in [5.74, 6) is 0.814. The van der Waals surface area contributed by atoms with Crippen molar-refractivity contribution in [2.24, 2.45) is 11.3 Å². The van der Waals surface area contributed by atoms with E-state index in [0.717, 1.165) is 12.0 Å². The van der Waals surface area contributed by atoms with Gasteiger partial charge in [0.2, 0.25) is 0 Å². The zero-order valence-electron chi connectivity index (χ0n) is 14.8. The lowest BCUT2D eigenvalue weighted by Crippen LogP contribution is -2.52. The monoisotopic (exact) mass is 282 g/mol. The van der Waals surface area contributed by atoms with E-state index >= 15 is 0 Å². The normalized spacial score (nSPS) is 27.8. The Labute approximate surface area is 127 Å². The van der Waals surface area contributed by atoms with Crippen molar-refractivity contribution in [2.45, 2.75) is 85.2 Å². The summed E-state index contributed by atoms with van der Waals surface area (Å²) in [6, 6.07) is 1.40. The highest BCUT2D eigenvalue weighted by Gasteiger charge is 2.38. The van der Waals surface area contributed by atoms with Crippen LogP contribution in [0.15, 0.2) is 0 Å². The molecule has 0 amide bonds. The summed E-state index contributed by atoms with van der Waals surface area (Å²) in [4.78, 5) is 2.75. The lowest BCUT2D eigenvalue weighted by Gasteiger charge is -2.46. The predicted octanol–water partition coefficient (Wildman–Crippen LogP) is 4.30. The molecule has 3 atom stereocenters. The molecular formula is C18H38N2. The van der Waals surface area contributed by atoms with Crippen LogP contribution in [0.5, 0.6) is 0 Å². The third kappa shape index (κ3) is 4.73. The molecule has 0 aromatic heterocycles. The highest BCUT2D eigenvalue weighted by molar-refractivity contribution is 4.94. The van der Waals surface area contributed by atoms with E-state index in [1.807, 2.05) is 0 Å². The summed E-state index contributed by atoms with van der Waals surface area (Å²) in [6.45, 7) is 14.5. The van der Waals surface area contributed by atoms with Gasteiger partial charge in [-0.15, -0.1) is 0 Å². The molecule has 1 N–H and O–H groups in total. The molecule has 2 nitrogen and oxygen atoms in total.